The van der Waals surface area contributed by atoms with E-state index in [0.29, 0.717) is 24.3 Å². The van der Waals surface area contributed by atoms with Crippen LogP contribution in [0.1, 0.15) is 18.1 Å². The Kier molecular flexibility index (Phi) is 9.59. The highest BCUT2D eigenvalue weighted by Gasteiger charge is 2.59. The molecule has 0 bridgehead atoms. The molecule has 208 valence electrons. The van der Waals surface area contributed by atoms with Gasteiger partial charge in [0.1, 0.15) is 18.0 Å². The minimum atomic E-state index is -5.71. The number of nitrogens with zero attached hydrogens (tertiary/aromatic N) is 1. The van der Waals surface area contributed by atoms with Crippen LogP contribution in [0.15, 0.2) is 48.5 Å². The molecule has 1 amide bonds. The lowest BCUT2D eigenvalue weighted by atomic mass is 10.2. The van der Waals surface area contributed by atoms with Gasteiger partial charge in [0.05, 0.1) is 17.7 Å². The molecular weight excluding hydrogens is 580 g/mol. The topological polar surface area (TPSA) is 65.1 Å². The van der Waals surface area contributed by atoms with E-state index in [0.717, 1.165) is 24.3 Å². The number of benzene rings is 2. The fraction of sp³-hybridized carbons (Fsp3) is 0.333. The molecule has 0 aliphatic heterocycles. The standard InChI is InChI=1S/C21H15F9NO5PS/c1-2-34-16(32)11-31(17(33)20(28,29)30)21(37-38,35-14-7-3-5-12(9-14)18(22,23)24)36-15-8-4-6-13(10-15)19(25,26)27/h3-10H,2,11H2,1H3/p+1. The molecule has 2 aromatic rings. The lowest BCUT2D eigenvalue weighted by Crippen LogP contribution is -2.60. The molecule has 17 heteroatoms. The maximum absolute atomic E-state index is 13.5. The Morgan fingerprint density at radius 2 is 1.29 bits per heavy atom. The smallest absolute Gasteiger partial charge is 0.465 e. The summed E-state index contributed by atoms with van der Waals surface area (Å²) in [5.74, 6) is -5.87. The quantitative estimate of drug-likeness (QED) is 0.156. The molecule has 2 aromatic carbocycles. The van der Waals surface area contributed by atoms with Crippen molar-refractivity contribution in [1.82, 2.24) is 4.90 Å². The summed E-state index contributed by atoms with van der Waals surface area (Å²) in [6.07, 6.45) is -15.6. The molecule has 6 nitrogen and oxygen atoms in total. The molecule has 1 atom stereocenters. The molecule has 0 spiro atoms. The van der Waals surface area contributed by atoms with Gasteiger partial charge in [0.25, 0.3) is 7.36 Å². The van der Waals surface area contributed by atoms with Crippen LogP contribution in [0, 0.1) is 0 Å². The van der Waals surface area contributed by atoms with E-state index in [4.69, 9.17) is 21.3 Å². The van der Waals surface area contributed by atoms with Crippen LogP contribution >= 0.6 is 7.36 Å². The van der Waals surface area contributed by atoms with Crippen molar-refractivity contribution in [2.45, 2.75) is 31.1 Å². The van der Waals surface area contributed by atoms with Crippen LogP contribution in [0.4, 0.5) is 39.5 Å². The largest absolute Gasteiger partial charge is 0.522 e. The van der Waals surface area contributed by atoms with Crippen molar-refractivity contribution in [3.63, 3.8) is 0 Å². The van der Waals surface area contributed by atoms with Crippen molar-refractivity contribution in [2.75, 3.05) is 13.2 Å². The van der Waals surface area contributed by atoms with Crippen LogP contribution in [-0.2, 0) is 38.5 Å². The van der Waals surface area contributed by atoms with Crippen molar-refractivity contribution in [1.29, 1.82) is 0 Å². The van der Waals surface area contributed by atoms with Crippen LogP contribution < -0.4 is 9.47 Å². The summed E-state index contributed by atoms with van der Waals surface area (Å²) in [5.41, 5.74) is -5.87. The summed E-state index contributed by atoms with van der Waals surface area (Å²) in [5, 5.41) is 0. The first-order valence-corrected chi connectivity index (χ1v) is 12.2. The number of alkyl halides is 9. The second kappa shape index (κ2) is 11.7. The molecule has 0 radical (unpaired) electrons. The van der Waals surface area contributed by atoms with Gasteiger partial charge in [-0.05, 0) is 43.3 Å². The highest BCUT2D eigenvalue weighted by atomic mass is 32.4. The summed E-state index contributed by atoms with van der Waals surface area (Å²) in [6.45, 7) is -0.596. The molecule has 0 aliphatic carbocycles. The average Bonchev–Trinajstić information content (AvgIpc) is 2.80. The van der Waals surface area contributed by atoms with Crippen LogP contribution in [0.2, 0.25) is 0 Å². The van der Waals surface area contributed by atoms with Gasteiger partial charge < -0.3 is 14.2 Å². The van der Waals surface area contributed by atoms with Crippen molar-refractivity contribution < 1.29 is 63.3 Å². The number of carbonyl (C=O) groups excluding carboxylic acids is 2. The lowest BCUT2D eigenvalue weighted by molar-refractivity contribution is -0.218. The Bertz CT molecular complexity index is 1110. The van der Waals surface area contributed by atoms with Crippen molar-refractivity contribution >= 4 is 31.0 Å². The van der Waals surface area contributed by atoms with E-state index in [1.807, 2.05) is 0 Å². The molecule has 0 heterocycles. The fourth-order valence-corrected chi connectivity index (χ4v) is 4.01. The molecule has 2 rings (SSSR count). The molecule has 0 aromatic heterocycles. The zero-order valence-corrected chi connectivity index (χ0v) is 20.6. The van der Waals surface area contributed by atoms with Gasteiger partial charge in [-0.15, -0.1) is 0 Å². The number of esters is 1. The lowest BCUT2D eigenvalue weighted by Gasteiger charge is -2.34. The van der Waals surface area contributed by atoms with Gasteiger partial charge in [-0.25, -0.2) is 4.90 Å². The van der Waals surface area contributed by atoms with Gasteiger partial charge in [-0.3, -0.25) is 9.59 Å². The van der Waals surface area contributed by atoms with Gasteiger partial charge in [0.15, 0.2) is 11.8 Å². The predicted octanol–water partition coefficient (Wildman–Crippen LogP) is 5.89. The van der Waals surface area contributed by atoms with Gasteiger partial charge in [0, 0.05) is 0 Å². The van der Waals surface area contributed by atoms with E-state index in [1.54, 1.807) is 0 Å². The summed E-state index contributed by atoms with van der Waals surface area (Å²) >= 11 is 4.85. The number of carbonyl (C=O) groups is 2. The summed E-state index contributed by atoms with van der Waals surface area (Å²) in [4.78, 5) is 24.1. The van der Waals surface area contributed by atoms with E-state index in [9.17, 15) is 49.1 Å². The number of amides is 1. The van der Waals surface area contributed by atoms with Crippen LogP contribution in [0.3, 0.4) is 0 Å². The molecular formula is C21H16F9NO5PS+. The number of halogens is 9. The molecule has 1 unspecified atom stereocenters. The first kappa shape index (κ1) is 31.1. The third-order valence-electron chi connectivity index (χ3n) is 4.40. The van der Waals surface area contributed by atoms with Gasteiger partial charge in [-0.1, -0.05) is 12.1 Å². The second-order valence-electron chi connectivity index (χ2n) is 7.13. The summed E-state index contributed by atoms with van der Waals surface area (Å²) in [6, 6.07) is 5.15. The molecule has 0 aliphatic rings. The van der Waals surface area contributed by atoms with E-state index in [2.05, 4.69) is 4.74 Å². The Morgan fingerprint density at radius 1 is 0.842 bits per heavy atom. The van der Waals surface area contributed by atoms with Gasteiger partial charge >= 0.3 is 36.1 Å². The second-order valence-corrected chi connectivity index (χ2v) is 8.58. The third-order valence-corrected chi connectivity index (χ3v) is 5.91. The Hall–Kier alpha value is -3.13. The van der Waals surface area contributed by atoms with Crippen LogP contribution in [-0.4, -0.2) is 41.8 Å². The minimum Gasteiger partial charge on any atom is -0.465 e. The highest BCUT2D eigenvalue weighted by Crippen LogP contribution is 2.40. The Labute approximate surface area is 215 Å². The average molecular weight is 596 g/mol. The Morgan fingerprint density at radius 3 is 1.63 bits per heavy atom. The first-order chi connectivity index (χ1) is 17.4. The third kappa shape index (κ3) is 7.93. The number of hydrogen-bond acceptors (Lipinski definition) is 6. The summed E-state index contributed by atoms with van der Waals surface area (Å²) in [7, 11) is -1.54. The molecule has 0 N–H and O–H groups in total. The normalized spacial score (nSPS) is 12.7. The number of hydrogen-bond donors (Lipinski definition) is 0. The molecule has 0 saturated heterocycles. The van der Waals surface area contributed by atoms with Crippen molar-refractivity contribution in [3.05, 3.63) is 59.7 Å². The fourth-order valence-electron chi connectivity index (χ4n) is 2.82. The maximum atomic E-state index is 13.5. The van der Waals surface area contributed by atoms with Gasteiger partial charge in [0.2, 0.25) is 0 Å². The van der Waals surface area contributed by atoms with E-state index in [1.165, 1.54) is 6.92 Å². The van der Waals surface area contributed by atoms with Gasteiger partial charge in [-0.2, -0.15) is 39.5 Å². The maximum Gasteiger partial charge on any atom is 0.522 e. The molecule has 38 heavy (non-hydrogen) atoms. The van der Waals surface area contributed by atoms with E-state index in [-0.39, 0.29) is 6.61 Å². The highest BCUT2D eigenvalue weighted by molar-refractivity contribution is 7.97. The summed E-state index contributed by atoms with van der Waals surface area (Å²) < 4.78 is 135. The Balaban J connectivity index is 2.75. The molecule has 0 fully saturated rings. The zero-order valence-electron chi connectivity index (χ0n) is 18.8. The van der Waals surface area contributed by atoms with Crippen molar-refractivity contribution in [3.8, 4) is 11.5 Å². The molecule has 0 saturated carbocycles. The van der Waals surface area contributed by atoms with Crippen LogP contribution in [0.25, 0.3) is 0 Å². The number of ether oxygens (including phenoxy) is 3. The minimum absolute atomic E-state index is 0.334. The zero-order chi connectivity index (χ0) is 28.9. The van der Waals surface area contributed by atoms with Crippen molar-refractivity contribution in [2.24, 2.45) is 0 Å². The predicted molar refractivity (Wildman–Crippen MR) is 117 cm³/mol. The first-order valence-electron chi connectivity index (χ1n) is 10.1. The monoisotopic (exact) mass is 596 g/mol. The van der Waals surface area contributed by atoms with E-state index >= 15 is 0 Å². The SMILES string of the molecule is CCOC(=O)CN(C(=O)C(F)(F)F)C(Oc1cccc(C(F)(F)F)c1)(Oc1cccc(C(F)(F)F)c1)[PH+]=S. The number of rotatable bonds is 9. The van der Waals surface area contributed by atoms with E-state index < -0.39 is 77.5 Å². The van der Waals surface area contributed by atoms with Crippen LogP contribution in [0.5, 0.6) is 11.5 Å².